The number of alkyl halides is 2. The van der Waals surface area contributed by atoms with Crippen molar-refractivity contribution >= 4 is 0 Å². The molecular weight excluding hydrogens is 224 g/mol. The normalized spacial score (nSPS) is 19.8. The molecule has 1 aromatic rings. The Morgan fingerprint density at radius 1 is 1.29 bits per heavy atom. The Balaban J connectivity index is 1.96. The molecule has 17 heavy (non-hydrogen) atoms. The summed E-state index contributed by atoms with van der Waals surface area (Å²) in [5.41, 5.74) is 1.14. The van der Waals surface area contributed by atoms with Gasteiger partial charge in [0.05, 0.1) is 0 Å². The molecule has 1 heterocycles. The Morgan fingerprint density at radius 2 is 1.94 bits per heavy atom. The Kier molecular flexibility index (Phi) is 2.84. The lowest BCUT2D eigenvalue weighted by Gasteiger charge is -2.34. The van der Waals surface area contributed by atoms with Crippen molar-refractivity contribution in [2.24, 2.45) is 0 Å². The summed E-state index contributed by atoms with van der Waals surface area (Å²) in [4.78, 5) is 4.15. The third-order valence-electron chi connectivity index (χ3n) is 2.94. The summed E-state index contributed by atoms with van der Waals surface area (Å²) in [5, 5.41) is 0. The van der Waals surface area contributed by atoms with Crippen molar-refractivity contribution in [3.8, 4) is 5.88 Å². The first kappa shape index (κ1) is 12.3. The lowest BCUT2D eigenvalue weighted by molar-refractivity contribution is -0.135. The van der Waals surface area contributed by atoms with Crippen molar-refractivity contribution in [2.45, 2.75) is 51.1 Å². The van der Waals surface area contributed by atoms with E-state index < -0.39 is 12.0 Å². The maximum atomic E-state index is 12.6. The highest BCUT2D eigenvalue weighted by Crippen LogP contribution is 2.39. The van der Waals surface area contributed by atoms with Crippen LogP contribution in [0, 0.1) is 0 Å². The quantitative estimate of drug-likeness (QED) is 0.789. The summed E-state index contributed by atoms with van der Waals surface area (Å²) in [6, 6.07) is 3.68. The zero-order valence-electron chi connectivity index (χ0n) is 10.3. The first-order chi connectivity index (χ1) is 7.76. The molecular formula is C13H17F2NO. The number of pyridine rings is 1. The van der Waals surface area contributed by atoms with Crippen LogP contribution >= 0.6 is 0 Å². The molecule has 2 rings (SSSR count). The second kappa shape index (κ2) is 3.93. The van der Waals surface area contributed by atoms with Crippen LogP contribution in [0.4, 0.5) is 8.78 Å². The number of ether oxygens (including phenoxy) is 1. The molecule has 0 N–H and O–H groups in total. The van der Waals surface area contributed by atoms with Crippen molar-refractivity contribution in [3.05, 3.63) is 23.9 Å². The smallest absolute Gasteiger partial charge is 0.255 e. The lowest BCUT2D eigenvalue weighted by atomic mass is 9.88. The van der Waals surface area contributed by atoms with E-state index in [-0.39, 0.29) is 18.3 Å². The van der Waals surface area contributed by atoms with E-state index in [1.165, 1.54) is 0 Å². The number of aromatic nitrogens is 1. The lowest BCUT2D eigenvalue weighted by Crippen LogP contribution is -2.43. The molecule has 1 aliphatic rings. The topological polar surface area (TPSA) is 22.1 Å². The van der Waals surface area contributed by atoms with E-state index in [1.54, 1.807) is 12.3 Å². The van der Waals surface area contributed by atoms with Gasteiger partial charge in [-0.15, -0.1) is 0 Å². The third-order valence-corrected chi connectivity index (χ3v) is 2.94. The van der Waals surface area contributed by atoms with Gasteiger partial charge in [0.2, 0.25) is 5.88 Å². The molecule has 0 radical (unpaired) electrons. The van der Waals surface area contributed by atoms with Crippen molar-refractivity contribution in [1.82, 2.24) is 4.98 Å². The molecule has 0 aromatic carbocycles. The minimum atomic E-state index is -2.55. The molecule has 0 atom stereocenters. The molecule has 94 valence electrons. The van der Waals surface area contributed by atoms with Crippen molar-refractivity contribution in [3.63, 3.8) is 0 Å². The van der Waals surface area contributed by atoms with E-state index in [0.29, 0.717) is 5.88 Å². The molecule has 2 nitrogen and oxygen atoms in total. The predicted octanol–water partition coefficient (Wildman–Crippen LogP) is 3.56. The zero-order valence-corrected chi connectivity index (χ0v) is 10.3. The van der Waals surface area contributed by atoms with Crippen LogP contribution in [0.15, 0.2) is 18.3 Å². The van der Waals surface area contributed by atoms with E-state index in [0.717, 1.165) is 5.56 Å². The molecule has 0 unspecified atom stereocenters. The zero-order chi connectivity index (χ0) is 12.7. The van der Waals surface area contributed by atoms with Gasteiger partial charge >= 0.3 is 0 Å². The molecule has 1 aromatic heterocycles. The molecule has 0 amide bonds. The van der Waals surface area contributed by atoms with Gasteiger partial charge in [-0.1, -0.05) is 26.8 Å². The minimum Gasteiger partial charge on any atom is -0.474 e. The fraction of sp³-hybridized carbons (Fsp3) is 0.615. The molecule has 0 aliphatic heterocycles. The molecule has 0 spiro atoms. The summed E-state index contributed by atoms with van der Waals surface area (Å²) in [7, 11) is 0. The summed E-state index contributed by atoms with van der Waals surface area (Å²) in [6.45, 7) is 6.28. The second-order valence-corrected chi connectivity index (χ2v) is 5.64. The van der Waals surface area contributed by atoms with Crippen LogP contribution in [-0.4, -0.2) is 17.0 Å². The summed E-state index contributed by atoms with van der Waals surface area (Å²) < 4.78 is 30.6. The fourth-order valence-electron chi connectivity index (χ4n) is 1.75. The van der Waals surface area contributed by atoms with E-state index in [9.17, 15) is 8.78 Å². The van der Waals surface area contributed by atoms with Gasteiger partial charge in [0.1, 0.15) is 6.10 Å². The summed E-state index contributed by atoms with van der Waals surface area (Å²) in [6.07, 6.45) is 0.954. The standard InChI is InChI=1S/C13H17F2NO/c1-12(2,3)9-4-5-11(16-8-9)17-10-6-13(14,15)7-10/h4-5,8,10H,6-7H2,1-3H3. The molecule has 1 fully saturated rings. The van der Waals surface area contributed by atoms with Crippen LogP contribution in [0.1, 0.15) is 39.2 Å². The van der Waals surface area contributed by atoms with Gasteiger partial charge in [0.15, 0.2) is 0 Å². The number of rotatable bonds is 2. The maximum absolute atomic E-state index is 12.6. The minimum absolute atomic E-state index is 0.0367. The number of hydrogen-bond acceptors (Lipinski definition) is 2. The van der Waals surface area contributed by atoms with Crippen LogP contribution < -0.4 is 4.74 Å². The largest absolute Gasteiger partial charge is 0.474 e. The monoisotopic (exact) mass is 241 g/mol. The Labute approximate surface area is 100 Å². The van der Waals surface area contributed by atoms with E-state index in [4.69, 9.17) is 4.74 Å². The second-order valence-electron chi connectivity index (χ2n) is 5.64. The SMILES string of the molecule is CC(C)(C)c1ccc(OC2CC(F)(F)C2)nc1. The maximum Gasteiger partial charge on any atom is 0.255 e. The third kappa shape index (κ3) is 2.93. The Bertz CT molecular complexity index is 387. The van der Waals surface area contributed by atoms with Gasteiger partial charge in [-0.2, -0.15) is 0 Å². The average Bonchev–Trinajstić information content (AvgIpc) is 2.14. The van der Waals surface area contributed by atoms with Gasteiger partial charge in [-0.3, -0.25) is 0 Å². The van der Waals surface area contributed by atoms with Gasteiger partial charge < -0.3 is 4.74 Å². The molecule has 1 aliphatic carbocycles. The highest BCUT2D eigenvalue weighted by atomic mass is 19.3. The van der Waals surface area contributed by atoms with E-state index in [2.05, 4.69) is 25.8 Å². The van der Waals surface area contributed by atoms with Crippen LogP contribution in [-0.2, 0) is 5.41 Å². The van der Waals surface area contributed by atoms with E-state index >= 15 is 0 Å². The number of nitrogens with zero attached hydrogens (tertiary/aromatic N) is 1. The van der Waals surface area contributed by atoms with Gasteiger partial charge in [-0.25, -0.2) is 13.8 Å². The molecule has 4 heteroatoms. The summed E-state index contributed by atoms with van der Waals surface area (Å²) in [5.74, 6) is -2.12. The molecule has 1 saturated carbocycles. The predicted molar refractivity (Wildman–Crippen MR) is 61.5 cm³/mol. The number of halogens is 2. The van der Waals surface area contributed by atoms with Crippen LogP contribution in [0.3, 0.4) is 0 Å². The van der Waals surface area contributed by atoms with Crippen LogP contribution in [0.25, 0.3) is 0 Å². The van der Waals surface area contributed by atoms with Crippen molar-refractivity contribution < 1.29 is 13.5 Å². The van der Waals surface area contributed by atoms with Crippen LogP contribution in [0.5, 0.6) is 5.88 Å². The number of hydrogen-bond donors (Lipinski definition) is 0. The Hall–Kier alpha value is -1.19. The molecule has 0 bridgehead atoms. The first-order valence-corrected chi connectivity index (χ1v) is 5.77. The van der Waals surface area contributed by atoms with E-state index in [1.807, 2.05) is 6.07 Å². The molecule has 0 saturated heterocycles. The van der Waals surface area contributed by atoms with Gasteiger partial charge in [0.25, 0.3) is 5.92 Å². The van der Waals surface area contributed by atoms with Crippen molar-refractivity contribution in [2.75, 3.05) is 0 Å². The van der Waals surface area contributed by atoms with Crippen molar-refractivity contribution in [1.29, 1.82) is 0 Å². The first-order valence-electron chi connectivity index (χ1n) is 5.77. The summed E-state index contributed by atoms with van der Waals surface area (Å²) >= 11 is 0. The van der Waals surface area contributed by atoms with Gasteiger partial charge in [0, 0.05) is 25.1 Å². The highest BCUT2D eigenvalue weighted by Gasteiger charge is 2.47. The average molecular weight is 241 g/mol. The fourth-order valence-corrected chi connectivity index (χ4v) is 1.75. The highest BCUT2D eigenvalue weighted by molar-refractivity contribution is 5.23. The van der Waals surface area contributed by atoms with Gasteiger partial charge in [-0.05, 0) is 11.0 Å². The van der Waals surface area contributed by atoms with Crippen LogP contribution in [0.2, 0.25) is 0 Å². The Morgan fingerprint density at radius 3 is 2.35 bits per heavy atom.